The molecule has 0 saturated heterocycles. The quantitative estimate of drug-likeness (QED) is 0.638. The van der Waals surface area contributed by atoms with Crippen LogP contribution >= 0.6 is 23.5 Å². The first kappa shape index (κ1) is 17.5. The first-order valence-corrected chi connectivity index (χ1v) is 9.89. The number of pyridine rings is 2. The van der Waals surface area contributed by atoms with Crippen LogP contribution < -0.4 is 5.32 Å². The Hall–Kier alpha value is -2.31. The van der Waals surface area contributed by atoms with E-state index in [4.69, 9.17) is 0 Å². The third-order valence-electron chi connectivity index (χ3n) is 3.45. The van der Waals surface area contributed by atoms with Crippen LogP contribution in [0, 0.1) is 0 Å². The molecular weight excluding hydrogens is 350 g/mol. The summed E-state index contributed by atoms with van der Waals surface area (Å²) in [5.74, 6) is 0.722. The highest BCUT2D eigenvalue weighted by molar-refractivity contribution is 7.98. The largest absolute Gasteiger partial charge is 0.322 e. The lowest BCUT2D eigenvalue weighted by molar-refractivity contribution is 0.102. The van der Waals surface area contributed by atoms with Gasteiger partial charge in [-0.3, -0.25) is 9.78 Å². The Morgan fingerprint density at radius 1 is 1.08 bits per heavy atom. The molecule has 25 heavy (non-hydrogen) atoms. The molecule has 0 saturated carbocycles. The van der Waals surface area contributed by atoms with Crippen LogP contribution in [0.25, 0.3) is 0 Å². The number of thioether (sulfide) groups is 2. The number of nitrogens with one attached hydrogen (secondary N) is 1. The number of amides is 1. The van der Waals surface area contributed by atoms with Crippen molar-refractivity contribution in [1.29, 1.82) is 0 Å². The highest BCUT2D eigenvalue weighted by Gasteiger charge is 2.11. The molecule has 0 aliphatic rings. The van der Waals surface area contributed by atoms with Crippen LogP contribution in [0.15, 0.2) is 77.0 Å². The SMILES string of the molecule is CSc1ncccc1C(=O)Nc1ccc(SCc2cccnc2)cc1. The Kier molecular flexibility index (Phi) is 6.09. The van der Waals surface area contributed by atoms with E-state index in [0.29, 0.717) is 5.56 Å². The maximum atomic E-state index is 12.4. The van der Waals surface area contributed by atoms with E-state index in [2.05, 4.69) is 21.4 Å². The molecule has 3 rings (SSSR count). The van der Waals surface area contributed by atoms with Crippen molar-refractivity contribution in [3.8, 4) is 0 Å². The molecule has 3 aromatic rings. The minimum atomic E-state index is -0.145. The Labute approximate surface area is 155 Å². The second-order valence-electron chi connectivity index (χ2n) is 5.19. The molecule has 126 valence electrons. The summed E-state index contributed by atoms with van der Waals surface area (Å²) in [4.78, 5) is 21.9. The maximum Gasteiger partial charge on any atom is 0.258 e. The van der Waals surface area contributed by atoms with Gasteiger partial charge >= 0.3 is 0 Å². The minimum absolute atomic E-state index is 0.145. The van der Waals surface area contributed by atoms with Gasteiger partial charge in [-0.05, 0) is 54.3 Å². The number of benzene rings is 1. The van der Waals surface area contributed by atoms with Crippen LogP contribution in [-0.2, 0) is 5.75 Å². The van der Waals surface area contributed by atoms with E-state index >= 15 is 0 Å². The van der Waals surface area contributed by atoms with Gasteiger partial charge in [0.15, 0.2) is 0 Å². The number of carbonyl (C=O) groups excluding carboxylic acids is 1. The van der Waals surface area contributed by atoms with Gasteiger partial charge in [-0.2, -0.15) is 0 Å². The van der Waals surface area contributed by atoms with Crippen molar-refractivity contribution in [1.82, 2.24) is 9.97 Å². The summed E-state index contributed by atoms with van der Waals surface area (Å²) >= 11 is 3.20. The highest BCUT2D eigenvalue weighted by atomic mass is 32.2. The third kappa shape index (κ3) is 4.84. The fourth-order valence-corrected chi connectivity index (χ4v) is 3.59. The Bertz CT molecular complexity index is 839. The summed E-state index contributed by atoms with van der Waals surface area (Å²) in [6, 6.07) is 15.4. The monoisotopic (exact) mass is 367 g/mol. The smallest absolute Gasteiger partial charge is 0.258 e. The highest BCUT2D eigenvalue weighted by Crippen LogP contribution is 2.24. The summed E-state index contributed by atoms with van der Waals surface area (Å²) in [5, 5.41) is 3.65. The molecule has 4 nitrogen and oxygen atoms in total. The van der Waals surface area contributed by atoms with Crippen LogP contribution in [0.2, 0.25) is 0 Å². The van der Waals surface area contributed by atoms with Crippen molar-refractivity contribution in [3.63, 3.8) is 0 Å². The number of hydrogen-bond acceptors (Lipinski definition) is 5. The lowest BCUT2D eigenvalue weighted by atomic mass is 10.2. The fourth-order valence-electron chi connectivity index (χ4n) is 2.21. The zero-order valence-corrected chi connectivity index (χ0v) is 15.3. The van der Waals surface area contributed by atoms with Crippen LogP contribution in [0.1, 0.15) is 15.9 Å². The van der Waals surface area contributed by atoms with Crippen molar-refractivity contribution >= 4 is 35.1 Å². The van der Waals surface area contributed by atoms with E-state index < -0.39 is 0 Å². The molecular formula is C19H17N3OS2. The first-order valence-electron chi connectivity index (χ1n) is 7.68. The van der Waals surface area contributed by atoms with E-state index in [1.807, 2.05) is 42.8 Å². The zero-order valence-electron chi connectivity index (χ0n) is 13.7. The van der Waals surface area contributed by atoms with Crippen LogP contribution in [-0.4, -0.2) is 22.1 Å². The second-order valence-corrected chi connectivity index (χ2v) is 7.03. The minimum Gasteiger partial charge on any atom is -0.322 e. The molecule has 6 heteroatoms. The molecule has 0 unspecified atom stereocenters. The molecule has 1 amide bonds. The average Bonchev–Trinajstić information content (AvgIpc) is 2.68. The van der Waals surface area contributed by atoms with Crippen molar-refractivity contribution in [2.75, 3.05) is 11.6 Å². The van der Waals surface area contributed by atoms with Gasteiger partial charge in [-0.25, -0.2) is 4.98 Å². The number of nitrogens with zero attached hydrogens (tertiary/aromatic N) is 2. The van der Waals surface area contributed by atoms with Crippen molar-refractivity contribution < 1.29 is 4.79 Å². The maximum absolute atomic E-state index is 12.4. The Morgan fingerprint density at radius 3 is 2.60 bits per heavy atom. The van der Waals surface area contributed by atoms with E-state index in [0.717, 1.165) is 21.4 Å². The molecule has 0 aliphatic heterocycles. The molecule has 1 N–H and O–H groups in total. The average molecular weight is 367 g/mol. The van der Waals surface area contributed by atoms with E-state index in [9.17, 15) is 4.79 Å². The summed E-state index contributed by atoms with van der Waals surface area (Å²) < 4.78 is 0. The summed E-state index contributed by atoms with van der Waals surface area (Å²) in [6.07, 6.45) is 7.25. The lowest BCUT2D eigenvalue weighted by Crippen LogP contribution is -2.13. The van der Waals surface area contributed by atoms with Gasteiger partial charge in [-0.1, -0.05) is 6.07 Å². The number of carbonyl (C=O) groups is 1. The first-order chi connectivity index (χ1) is 12.3. The number of rotatable bonds is 6. The van der Waals surface area contributed by atoms with Crippen molar-refractivity contribution in [3.05, 3.63) is 78.2 Å². The summed E-state index contributed by atoms with van der Waals surface area (Å²) in [5.41, 5.74) is 2.54. The molecule has 0 spiro atoms. The molecule has 2 aromatic heterocycles. The second kappa shape index (κ2) is 8.69. The predicted octanol–water partition coefficient (Wildman–Crippen LogP) is 4.74. The Balaban J connectivity index is 1.61. The normalized spacial score (nSPS) is 10.4. The van der Waals surface area contributed by atoms with Gasteiger partial charge in [-0.15, -0.1) is 23.5 Å². The zero-order chi connectivity index (χ0) is 17.5. The third-order valence-corrected chi connectivity index (χ3v) is 5.24. The van der Waals surface area contributed by atoms with E-state index in [1.54, 1.807) is 36.3 Å². The molecule has 0 atom stereocenters. The standard InChI is InChI=1S/C19H17N3OS2/c1-24-19-17(5-3-11-21-19)18(23)22-15-6-8-16(9-7-15)25-13-14-4-2-10-20-12-14/h2-12H,13H2,1H3,(H,22,23). The number of hydrogen-bond donors (Lipinski definition) is 1. The molecule has 0 aliphatic carbocycles. The van der Waals surface area contributed by atoms with Crippen LogP contribution in [0.3, 0.4) is 0 Å². The lowest BCUT2D eigenvalue weighted by Gasteiger charge is -2.08. The summed E-state index contributed by atoms with van der Waals surface area (Å²) in [6.45, 7) is 0. The number of aromatic nitrogens is 2. The molecule has 0 bridgehead atoms. The van der Waals surface area contributed by atoms with Gasteiger partial charge in [0.2, 0.25) is 0 Å². The molecule has 0 fully saturated rings. The number of anilines is 1. The van der Waals surface area contributed by atoms with Crippen molar-refractivity contribution in [2.45, 2.75) is 15.7 Å². The van der Waals surface area contributed by atoms with Crippen LogP contribution in [0.4, 0.5) is 5.69 Å². The fraction of sp³-hybridized carbons (Fsp3) is 0.105. The van der Waals surface area contributed by atoms with Gasteiger partial charge in [0.25, 0.3) is 5.91 Å². The van der Waals surface area contributed by atoms with Crippen molar-refractivity contribution in [2.24, 2.45) is 0 Å². The summed E-state index contributed by atoms with van der Waals surface area (Å²) in [7, 11) is 0. The van der Waals surface area contributed by atoms with Gasteiger partial charge in [0, 0.05) is 34.9 Å². The van der Waals surface area contributed by atoms with Gasteiger partial charge < -0.3 is 5.32 Å². The van der Waals surface area contributed by atoms with Crippen LogP contribution in [0.5, 0.6) is 0 Å². The van der Waals surface area contributed by atoms with E-state index in [1.165, 1.54) is 17.3 Å². The Morgan fingerprint density at radius 2 is 1.88 bits per heavy atom. The van der Waals surface area contributed by atoms with E-state index in [-0.39, 0.29) is 5.91 Å². The molecule has 2 heterocycles. The predicted molar refractivity (Wildman–Crippen MR) is 104 cm³/mol. The van der Waals surface area contributed by atoms with Gasteiger partial charge in [0.05, 0.1) is 5.56 Å². The van der Waals surface area contributed by atoms with Gasteiger partial charge in [0.1, 0.15) is 5.03 Å². The topological polar surface area (TPSA) is 54.9 Å². The molecule has 1 aromatic carbocycles. The molecule has 0 radical (unpaired) electrons.